The van der Waals surface area contributed by atoms with Crippen LogP contribution < -0.4 is 5.32 Å². The van der Waals surface area contributed by atoms with E-state index in [4.69, 9.17) is 16.0 Å². The van der Waals surface area contributed by atoms with Gasteiger partial charge in [-0.2, -0.15) is 0 Å². The number of benzene rings is 1. The predicted octanol–water partition coefficient (Wildman–Crippen LogP) is 4.45. The number of halogens is 1. The molecular weight excluding hydrogens is 406 g/mol. The summed E-state index contributed by atoms with van der Waals surface area (Å²) in [5.74, 6) is 5.14. The summed E-state index contributed by atoms with van der Waals surface area (Å²) < 4.78 is 6.06. The fourth-order valence-electron chi connectivity index (χ4n) is 2.88. The number of amides is 1. The Hall–Kier alpha value is -1.52. The predicted molar refractivity (Wildman–Crippen MR) is 119 cm³/mol. The summed E-state index contributed by atoms with van der Waals surface area (Å²) in [6.07, 6.45) is 3.08. The van der Waals surface area contributed by atoms with Crippen molar-refractivity contribution >= 4 is 25.8 Å². The van der Waals surface area contributed by atoms with Gasteiger partial charge in [-0.15, -0.1) is 0 Å². The monoisotopic (exact) mass is 437 g/mol. The molecule has 160 valence electrons. The molecule has 0 spiro atoms. The van der Waals surface area contributed by atoms with Crippen LogP contribution in [-0.4, -0.2) is 43.2 Å². The molecule has 7 heteroatoms. The van der Waals surface area contributed by atoms with Crippen LogP contribution in [0.2, 0.25) is 23.2 Å². The van der Waals surface area contributed by atoms with Crippen LogP contribution in [0.3, 0.4) is 0 Å². The van der Waals surface area contributed by atoms with Crippen LogP contribution in [0, 0.1) is 11.8 Å². The van der Waals surface area contributed by atoms with Crippen molar-refractivity contribution in [2.24, 2.45) is 0 Å². The second kappa shape index (κ2) is 9.09. The van der Waals surface area contributed by atoms with E-state index in [0.29, 0.717) is 31.6 Å². The Morgan fingerprint density at radius 2 is 1.93 bits per heavy atom. The second-order valence-electron chi connectivity index (χ2n) is 9.21. The van der Waals surface area contributed by atoms with Crippen molar-refractivity contribution in [3.8, 4) is 17.6 Å². The van der Waals surface area contributed by atoms with Gasteiger partial charge in [0.2, 0.25) is 0 Å². The van der Waals surface area contributed by atoms with Crippen LogP contribution in [0.5, 0.6) is 5.75 Å². The molecule has 1 saturated carbocycles. The number of carbonyl (C=O) groups is 1. The first kappa shape index (κ1) is 23.8. The van der Waals surface area contributed by atoms with Crippen molar-refractivity contribution < 1.29 is 19.4 Å². The second-order valence-corrected chi connectivity index (χ2v) is 14.4. The summed E-state index contributed by atoms with van der Waals surface area (Å²) in [5, 5.41) is 23.5. The SMILES string of the molecule is CC(C)(C)[Si](C)(C)OCCNC(=O)c1cc(Cl)c(O)c(C#CC2(O)CCCC2)c1. The Kier molecular flexibility index (Phi) is 7.45. The third-order valence-corrected chi connectivity index (χ3v) is 10.7. The van der Waals surface area contributed by atoms with E-state index >= 15 is 0 Å². The highest BCUT2D eigenvalue weighted by Gasteiger charge is 2.36. The maximum atomic E-state index is 12.5. The van der Waals surface area contributed by atoms with E-state index in [0.717, 1.165) is 12.8 Å². The normalized spacial score (nSPS) is 16.2. The van der Waals surface area contributed by atoms with E-state index in [-0.39, 0.29) is 27.3 Å². The number of aliphatic hydroxyl groups is 1. The number of hydrogen-bond donors (Lipinski definition) is 3. The lowest BCUT2D eigenvalue weighted by Crippen LogP contribution is -2.42. The molecule has 1 aromatic rings. The first-order valence-corrected chi connectivity index (χ1v) is 13.3. The molecule has 0 saturated heterocycles. The van der Waals surface area contributed by atoms with Crippen molar-refractivity contribution in [3.63, 3.8) is 0 Å². The van der Waals surface area contributed by atoms with Crippen LogP contribution in [0.1, 0.15) is 62.4 Å². The highest BCUT2D eigenvalue weighted by molar-refractivity contribution is 6.74. The number of phenols is 1. The Bertz CT molecular complexity index is 815. The van der Waals surface area contributed by atoms with Crippen LogP contribution in [-0.2, 0) is 4.43 Å². The van der Waals surface area contributed by atoms with Gasteiger partial charge in [0.15, 0.2) is 8.32 Å². The summed E-state index contributed by atoms with van der Waals surface area (Å²) in [7, 11) is -1.86. The number of phenolic OH excluding ortho intramolecular Hbond substituents is 1. The van der Waals surface area contributed by atoms with Crippen molar-refractivity contribution in [1.29, 1.82) is 0 Å². The lowest BCUT2D eigenvalue weighted by Gasteiger charge is -2.36. The van der Waals surface area contributed by atoms with E-state index in [1.54, 1.807) is 0 Å². The maximum Gasteiger partial charge on any atom is 0.251 e. The Morgan fingerprint density at radius 1 is 1.31 bits per heavy atom. The molecule has 0 bridgehead atoms. The molecule has 1 fully saturated rings. The van der Waals surface area contributed by atoms with Crippen LogP contribution in [0.25, 0.3) is 0 Å². The smallest absolute Gasteiger partial charge is 0.251 e. The van der Waals surface area contributed by atoms with Gasteiger partial charge in [0.25, 0.3) is 5.91 Å². The first-order valence-electron chi connectivity index (χ1n) is 10.0. The molecule has 0 aromatic heterocycles. The summed E-state index contributed by atoms with van der Waals surface area (Å²) in [6, 6.07) is 2.91. The van der Waals surface area contributed by atoms with Gasteiger partial charge >= 0.3 is 0 Å². The largest absolute Gasteiger partial charge is 0.505 e. The molecule has 29 heavy (non-hydrogen) atoms. The highest BCUT2D eigenvalue weighted by atomic mass is 35.5. The third kappa shape index (κ3) is 6.23. The molecule has 5 nitrogen and oxygen atoms in total. The fourth-order valence-corrected chi connectivity index (χ4v) is 4.15. The van der Waals surface area contributed by atoms with Crippen molar-refractivity contribution in [1.82, 2.24) is 5.32 Å². The summed E-state index contributed by atoms with van der Waals surface area (Å²) in [5.41, 5.74) is -0.485. The van der Waals surface area contributed by atoms with Crippen LogP contribution in [0.15, 0.2) is 12.1 Å². The van der Waals surface area contributed by atoms with Crippen LogP contribution >= 0.6 is 11.6 Å². The summed E-state index contributed by atoms with van der Waals surface area (Å²) >= 11 is 6.09. The molecule has 3 N–H and O–H groups in total. The van der Waals surface area contributed by atoms with Gasteiger partial charge in [-0.3, -0.25) is 4.79 Å². The molecule has 0 aliphatic heterocycles. The quantitative estimate of drug-likeness (QED) is 0.361. The van der Waals surface area contributed by atoms with Gasteiger partial charge in [0, 0.05) is 12.1 Å². The topological polar surface area (TPSA) is 78.8 Å². The minimum absolute atomic E-state index is 0.0536. The van der Waals surface area contributed by atoms with Gasteiger partial charge in [0.1, 0.15) is 11.4 Å². The van der Waals surface area contributed by atoms with E-state index in [1.165, 1.54) is 12.1 Å². The van der Waals surface area contributed by atoms with Gasteiger partial charge in [-0.1, -0.05) is 44.2 Å². The summed E-state index contributed by atoms with van der Waals surface area (Å²) in [4.78, 5) is 12.5. The zero-order valence-corrected chi connectivity index (χ0v) is 19.7. The number of aromatic hydroxyl groups is 1. The lowest BCUT2D eigenvalue weighted by atomic mass is 10.0. The van der Waals surface area contributed by atoms with Gasteiger partial charge in [-0.25, -0.2) is 0 Å². The zero-order chi connectivity index (χ0) is 21.9. The molecule has 0 atom stereocenters. The zero-order valence-electron chi connectivity index (χ0n) is 18.0. The molecule has 1 aromatic carbocycles. The van der Waals surface area contributed by atoms with Crippen molar-refractivity contribution in [2.45, 2.75) is 70.2 Å². The lowest BCUT2D eigenvalue weighted by molar-refractivity contribution is 0.0945. The van der Waals surface area contributed by atoms with E-state index in [2.05, 4.69) is 51.0 Å². The molecule has 2 rings (SSSR count). The number of carbonyl (C=O) groups excluding carboxylic acids is 1. The third-order valence-electron chi connectivity index (χ3n) is 5.84. The summed E-state index contributed by atoms with van der Waals surface area (Å²) in [6.45, 7) is 11.6. The number of hydrogen-bond acceptors (Lipinski definition) is 4. The van der Waals surface area contributed by atoms with Gasteiger partial charge in [-0.05, 0) is 55.9 Å². The minimum Gasteiger partial charge on any atom is -0.505 e. The maximum absolute atomic E-state index is 12.5. The van der Waals surface area contributed by atoms with Gasteiger partial charge < -0.3 is 20.0 Å². The van der Waals surface area contributed by atoms with E-state index < -0.39 is 13.9 Å². The van der Waals surface area contributed by atoms with Crippen molar-refractivity contribution in [3.05, 3.63) is 28.3 Å². The Balaban J connectivity index is 2.04. The average molecular weight is 438 g/mol. The average Bonchev–Trinajstić information content (AvgIpc) is 3.05. The van der Waals surface area contributed by atoms with Crippen molar-refractivity contribution in [2.75, 3.05) is 13.2 Å². The highest BCUT2D eigenvalue weighted by Crippen LogP contribution is 2.36. The molecular formula is C22H32ClNO4Si. The molecule has 0 unspecified atom stereocenters. The minimum atomic E-state index is -1.86. The van der Waals surface area contributed by atoms with Gasteiger partial charge in [0.05, 0.1) is 17.2 Å². The Morgan fingerprint density at radius 3 is 2.52 bits per heavy atom. The molecule has 1 aliphatic carbocycles. The Labute approximate surface area is 179 Å². The molecule has 0 radical (unpaired) electrons. The first-order chi connectivity index (χ1) is 13.3. The van der Waals surface area contributed by atoms with E-state index in [9.17, 15) is 15.0 Å². The number of rotatable bonds is 5. The molecule has 1 amide bonds. The number of nitrogens with one attached hydrogen (secondary N) is 1. The van der Waals surface area contributed by atoms with Crippen LogP contribution in [0.4, 0.5) is 0 Å². The molecule has 0 heterocycles. The fraction of sp³-hybridized carbons (Fsp3) is 0.591. The molecule has 1 aliphatic rings. The standard InChI is InChI=1S/C22H32ClNO4Si/c1-21(2,3)29(4,5)28-13-12-24-20(26)17-14-16(19(25)18(23)15-17)8-11-22(27)9-6-7-10-22/h14-15,25,27H,6-7,9-10,12-13H2,1-5H3,(H,24,26). The van der Waals surface area contributed by atoms with E-state index in [1.807, 2.05) is 0 Å².